The van der Waals surface area contributed by atoms with Gasteiger partial charge in [0, 0.05) is 13.0 Å². The highest BCUT2D eigenvalue weighted by Crippen LogP contribution is 2.27. The lowest BCUT2D eigenvalue weighted by Crippen LogP contribution is -2.50. The van der Waals surface area contributed by atoms with E-state index in [4.69, 9.17) is 9.47 Å². The average Bonchev–Trinajstić information content (AvgIpc) is 2.46. The summed E-state index contributed by atoms with van der Waals surface area (Å²) in [5, 5.41) is 3.28. The number of ether oxygens (including phenoxy) is 2. The zero-order chi connectivity index (χ0) is 15.0. The van der Waals surface area contributed by atoms with Crippen molar-refractivity contribution in [2.75, 3.05) is 20.3 Å². The fraction of sp³-hybridized carbons (Fsp3) is 0.562. The largest absolute Gasteiger partial charge is 0.467 e. The Hall–Kier alpha value is -1.39. The first kappa shape index (κ1) is 16.7. The summed E-state index contributed by atoms with van der Waals surface area (Å²) >= 11 is 0. The molecule has 0 aliphatic carbocycles. The minimum absolute atomic E-state index is 0.141. The summed E-state index contributed by atoms with van der Waals surface area (Å²) in [6.45, 7) is 7.11. The molecule has 0 aliphatic heterocycles. The van der Waals surface area contributed by atoms with E-state index >= 15 is 0 Å². The molecule has 0 amide bonds. The van der Waals surface area contributed by atoms with Crippen LogP contribution in [-0.2, 0) is 19.8 Å². The van der Waals surface area contributed by atoms with Crippen molar-refractivity contribution in [3.63, 3.8) is 0 Å². The summed E-state index contributed by atoms with van der Waals surface area (Å²) in [4.78, 5) is 12.4. The van der Waals surface area contributed by atoms with Crippen LogP contribution in [0.4, 0.5) is 0 Å². The second-order valence-corrected chi connectivity index (χ2v) is 4.96. The topological polar surface area (TPSA) is 47.6 Å². The van der Waals surface area contributed by atoms with Crippen molar-refractivity contribution >= 4 is 5.97 Å². The third-order valence-corrected chi connectivity index (χ3v) is 3.21. The van der Waals surface area contributed by atoms with Gasteiger partial charge in [-0.3, -0.25) is 5.32 Å². The van der Waals surface area contributed by atoms with Crippen molar-refractivity contribution < 1.29 is 14.3 Å². The standard InChI is InChI=1S/C16H25NO3/c1-5-17-16(15(18)19-4,11-12-20-13(2)3)14-9-7-6-8-10-14/h6-10,13,17H,5,11-12H2,1-4H3. The molecule has 0 spiro atoms. The van der Waals surface area contributed by atoms with E-state index in [0.717, 1.165) is 5.56 Å². The second kappa shape index (κ2) is 8.02. The number of methoxy groups -OCH3 is 1. The third kappa shape index (κ3) is 4.05. The lowest BCUT2D eigenvalue weighted by molar-refractivity contribution is -0.150. The molecule has 1 unspecified atom stereocenters. The number of rotatable bonds is 8. The fourth-order valence-corrected chi connectivity index (χ4v) is 2.27. The van der Waals surface area contributed by atoms with Gasteiger partial charge in [-0.15, -0.1) is 0 Å². The van der Waals surface area contributed by atoms with Crippen molar-refractivity contribution in [2.24, 2.45) is 0 Å². The molecule has 0 radical (unpaired) electrons. The molecule has 1 N–H and O–H groups in total. The van der Waals surface area contributed by atoms with E-state index in [1.807, 2.05) is 51.1 Å². The number of benzene rings is 1. The Morgan fingerprint density at radius 2 is 1.95 bits per heavy atom. The average molecular weight is 279 g/mol. The molecular weight excluding hydrogens is 254 g/mol. The lowest BCUT2D eigenvalue weighted by atomic mass is 9.86. The minimum atomic E-state index is -0.848. The number of carbonyl (C=O) groups is 1. The van der Waals surface area contributed by atoms with Crippen molar-refractivity contribution in [3.8, 4) is 0 Å². The smallest absolute Gasteiger partial charge is 0.330 e. The molecule has 0 heterocycles. The van der Waals surface area contributed by atoms with Crippen LogP contribution in [0.2, 0.25) is 0 Å². The van der Waals surface area contributed by atoms with Crippen LogP contribution in [0.15, 0.2) is 30.3 Å². The second-order valence-electron chi connectivity index (χ2n) is 4.96. The predicted octanol–water partition coefficient (Wildman–Crippen LogP) is 2.48. The van der Waals surface area contributed by atoms with Gasteiger partial charge in [-0.1, -0.05) is 37.3 Å². The van der Waals surface area contributed by atoms with Crippen LogP contribution in [-0.4, -0.2) is 32.3 Å². The number of nitrogens with one attached hydrogen (secondary N) is 1. The van der Waals surface area contributed by atoms with E-state index in [0.29, 0.717) is 19.6 Å². The molecule has 1 aromatic carbocycles. The number of hydrogen-bond donors (Lipinski definition) is 1. The molecule has 0 saturated carbocycles. The summed E-state index contributed by atoms with van der Waals surface area (Å²) in [6.07, 6.45) is 0.679. The van der Waals surface area contributed by atoms with Gasteiger partial charge in [-0.2, -0.15) is 0 Å². The number of likely N-dealkylation sites (N-methyl/N-ethyl adjacent to an activating group) is 1. The van der Waals surface area contributed by atoms with E-state index in [1.54, 1.807) is 0 Å². The Morgan fingerprint density at radius 3 is 2.45 bits per heavy atom. The maximum absolute atomic E-state index is 12.4. The van der Waals surface area contributed by atoms with Gasteiger partial charge in [0.2, 0.25) is 0 Å². The van der Waals surface area contributed by atoms with E-state index in [1.165, 1.54) is 7.11 Å². The molecule has 1 atom stereocenters. The first-order chi connectivity index (χ1) is 9.56. The molecule has 0 aliphatic rings. The molecule has 112 valence electrons. The Labute approximate surface area is 121 Å². The summed E-state index contributed by atoms with van der Waals surface area (Å²) in [5.74, 6) is -0.280. The van der Waals surface area contributed by atoms with E-state index in [2.05, 4.69) is 5.32 Å². The maximum atomic E-state index is 12.4. The molecule has 1 rings (SSSR count). The van der Waals surface area contributed by atoms with Gasteiger partial charge >= 0.3 is 5.97 Å². The van der Waals surface area contributed by atoms with Crippen LogP contribution in [0, 0.1) is 0 Å². The van der Waals surface area contributed by atoms with E-state index in [9.17, 15) is 4.79 Å². The van der Waals surface area contributed by atoms with Crippen molar-refractivity contribution in [1.29, 1.82) is 0 Å². The zero-order valence-corrected chi connectivity index (χ0v) is 12.8. The highest BCUT2D eigenvalue weighted by atomic mass is 16.5. The molecule has 4 nitrogen and oxygen atoms in total. The van der Waals surface area contributed by atoms with Gasteiger partial charge in [0.05, 0.1) is 13.2 Å². The molecule has 4 heteroatoms. The van der Waals surface area contributed by atoms with Crippen LogP contribution in [0.1, 0.15) is 32.8 Å². The van der Waals surface area contributed by atoms with Gasteiger partial charge < -0.3 is 9.47 Å². The van der Waals surface area contributed by atoms with Gasteiger partial charge in [-0.05, 0) is 26.0 Å². The normalized spacial score (nSPS) is 14.1. The number of hydrogen-bond acceptors (Lipinski definition) is 4. The molecule has 0 aromatic heterocycles. The summed E-state index contributed by atoms with van der Waals surface area (Å²) in [6, 6.07) is 9.66. The first-order valence-corrected chi connectivity index (χ1v) is 7.07. The van der Waals surface area contributed by atoms with Crippen molar-refractivity contribution in [1.82, 2.24) is 5.32 Å². The quantitative estimate of drug-likeness (QED) is 0.743. The minimum Gasteiger partial charge on any atom is -0.467 e. The number of carbonyl (C=O) groups excluding carboxylic acids is 1. The summed E-state index contributed by atoms with van der Waals surface area (Å²) < 4.78 is 10.6. The van der Waals surface area contributed by atoms with Crippen molar-refractivity contribution in [3.05, 3.63) is 35.9 Å². The van der Waals surface area contributed by atoms with Gasteiger partial charge in [0.25, 0.3) is 0 Å². The van der Waals surface area contributed by atoms with Crippen LogP contribution < -0.4 is 5.32 Å². The Balaban J connectivity index is 3.04. The van der Waals surface area contributed by atoms with Gasteiger partial charge in [0.1, 0.15) is 5.54 Å². The summed E-state index contributed by atoms with van der Waals surface area (Å²) in [5.41, 5.74) is 0.0562. The molecular formula is C16H25NO3. The predicted molar refractivity (Wildman–Crippen MR) is 79.5 cm³/mol. The van der Waals surface area contributed by atoms with Crippen LogP contribution in [0.3, 0.4) is 0 Å². The van der Waals surface area contributed by atoms with Crippen molar-refractivity contribution in [2.45, 2.75) is 38.8 Å². The molecule has 0 bridgehead atoms. The molecule has 0 fully saturated rings. The third-order valence-electron chi connectivity index (χ3n) is 3.21. The Bertz CT molecular complexity index is 405. The Morgan fingerprint density at radius 1 is 1.30 bits per heavy atom. The highest BCUT2D eigenvalue weighted by molar-refractivity contribution is 5.82. The monoisotopic (exact) mass is 279 g/mol. The van der Waals surface area contributed by atoms with Crippen LogP contribution >= 0.6 is 0 Å². The molecule has 20 heavy (non-hydrogen) atoms. The van der Waals surface area contributed by atoms with Crippen LogP contribution in [0.25, 0.3) is 0 Å². The molecule has 1 aromatic rings. The first-order valence-electron chi connectivity index (χ1n) is 7.07. The van der Waals surface area contributed by atoms with E-state index in [-0.39, 0.29) is 12.1 Å². The SMILES string of the molecule is CCNC(CCOC(C)C)(C(=O)OC)c1ccccc1. The van der Waals surface area contributed by atoms with E-state index < -0.39 is 5.54 Å². The van der Waals surface area contributed by atoms with Gasteiger partial charge in [-0.25, -0.2) is 4.79 Å². The fourth-order valence-electron chi connectivity index (χ4n) is 2.27. The molecule has 0 saturated heterocycles. The summed E-state index contributed by atoms with van der Waals surface area (Å²) in [7, 11) is 1.42. The highest BCUT2D eigenvalue weighted by Gasteiger charge is 2.40. The number of esters is 1. The van der Waals surface area contributed by atoms with Crippen LogP contribution in [0.5, 0.6) is 0 Å². The maximum Gasteiger partial charge on any atom is 0.330 e. The zero-order valence-electron chi connectivity index (χ0n) is 12.8. The lowest BCUT2D eigenvalue weighted by Gasteiger charge is -2.32. The Kier molecular flexibility index (Phi) is 6.68. The van der Waals surface area contributed by atoms with Gasteiger partial charge in [0.15, 0.2) is 0 Å².